The molecule has 0 saturated heterocycles. The van der Waals surface area contributed by atoms with Gasteiger partial charge in [-0.25, -0.2) is 4.98 Å². The number of rotatable bonds is 0. The molecule has 12 heavy (non-hydrogen) atoms. The lowest BCUT2D eigenvalue weighted by atomic mass is 10.1. The third kappa shape index (κ3) is 1.11. The number of nitrogens with zero attached hydrogens (tertiary/aromatic N) is 1. The number of carbonyl (C=O) groups is 1. The van der Waals surface area contributed by atoms with Crippen LogP contribution in [0.25, 0.3) is 0 Å². The summed E-state index contributed by atoms with van der Waals surface area (Å²) in [4.78, 5) is 14.9. The van der Waals surface area contributed by atoms with Crippen molar-refractivity contribution in [1.29, 1.82) is 0 Å². The van der Waals surface area contributed by atoms with E-state index < -0.39 is 0 Å². The summed E-state index contributed by atoms with van der Waals surface area (Å²) in [6, 6.07) is 1.69. The number of nitrogens with two attached hydrogens (primary N) is 1. The number of amides is 1. The summed E-state index contributed by atoms with van der Waals surface area (Å²) in [5.74, 6) is 0.490. The number of fused-ring (bicyclic) bond motifs is 1. The van der Waals surface area contributed by atoms with Crippen molar-refractivity contribution in [3.8, 4) is 0 Å². The van der Waals surface area contributed by atoms with Gasteiger partial charge in [-0.1, -0.05) is 0 Å². The van der Waals surface area contributed by atoms with Crippen LogP contribution in [0.3, 0.4) is 0 Å². The molecule has 2 heterocycles. The second-order valence-corrected chi connectivity index (χ2v) is 2.81. The normalized spacial score (nSPS) is 15.2. The van der Waals surface area contributed by atoms with Gasteiger partial charge in [0, 0.05) is 24.4 Å². The molecule has 1 aliphatic rings. The molecule has 4 nitrogen and oxygen atoms in total. The Morgan fingerprint density at radius 3 is 3.17 bits per heavy atom. The molecule has 0 saturated carbocycles. The van der Waals surface area contributed by atoms with E-state index in [0.717, 1.165) is 17.7 Å². The van der Waals surface area contributed by atoms with E-state index in [1.54, 1.807) is 12.3 Å². The van der Waals surface area contributed by atoms with Crippen molar-refractivity contribution in [2.24, 2.45) is 0 Å². The molecular formula is C8H9N3O. The van der Waals surface area contributed by atoms with Crippen LogP contribution >= 0.6 is 0 Å². The Hall–Kier alpha value is -1.58. The third-order valence-electron chi connectivity index (χ3n) is 1.90. The predicted octanol–water partition coefficient (Wildman–Crippen LogP) is 0.549. The quantitative estimate of drug-likeness (QED) is 0.586. The number of hydrogen-bond acceptors (Lipinski definition) is 3. The molecule has 0 aliphatic carbocycles. The van der Waals surface area contributed by atoms with Crippen LogP contribution in [0, 0.1) is 0 Å². The molecule has 62 valence electrons. The number of anilines is 2. The largest absolute Gasteiger partial charge is 0.384 e. The summed E-state index contributed by atoms with van der Waals surface area (Å²) >= 11 is 0. The van der Waals surface area contributed by atoms with Crippen LogP contribution in [-0.4, -0.2) is 10.9 Å². The van der Waals surface area contributed by atoms with Gasteiger partial charge >= 0.3 is 0 Å². The summed E-state index contributed by atoms with van der Waals surface area (Å²) in [6.07, 6.45) is 3.01. The molecule has 2 rings (SSSR count). The zero-order valence-corrected chi connectivity index (χ0v) is 6.50. The second-order valence-electron chi connectivity index (χ2n) is 2.81. The standard InChI is InChI=1S/C8H9N3O/c9-7-3-6-5(4-10-7)1-2-8(12)11-6/h3-4H,1-2H2,(H2,9,10)(H,11,12). The number of nitrogen functional groups attached to an aromatic ring is 1. The Balaban J connectivity index is 2.44. The van der Waals surface area contributed by atoms with Gasteiger partial charge in [0.25, 0.3) is 0 Å². The lowest BCUT2D eigenvalue weighted by molar-refractivity contribution is -0.116. The molecule has 1 aliphatic heterocycles. The lowest BCUT2D eigenvalue weighted by Gasteiger charge is -2.15. The Morgan fingerprint density at radius 1 is 1.50 bits per heavy atom. The first-order valence-corrected chi connectivity index (χ1v) is 3.80. The molecule has 0 atom stereocenters. The Morgan fingerprint density at radius 2 is 2.33 bits per heavy atom. The van der Waals surface area contributed by atoms with Gasteiger partial charge in [0.2, 0.25) is 5.91 Å². The molecule has 1 aromatic rings. The van der Waals surface area contributed by atoms with E-state index in [1.165, 1.54) is 0 Å². The molecule has 3 N–H and O–H groups in total. The summed E-state index contributed by atoms with van der Waals surface area (Å²) < 4.78 is 0. The van der Waals surface area contributed by atoms with Gasteiger partial charge in [0.15, 0.2) is 0 Å². The zero-order chi connectivity index (χ0) is 8.55. The van der Waals surface area contributed by atoms with Crippen molar-refractivity contribution in [3.63, 3.8) is 0 Å². The highest BCUT2D eigenvalue weighted by molar-refractivity contribution is 5.94. The Kier molecular flexibility index (Phi) is 1.46. The van der Waals surface area contributed by atoms with Crippen LogP contribution in [0.4, 0.5) is 11.5 Å². The molecule has 4 heteroatoms. The number of hydrogen-bond donors (Lipinski definition) is 2. The minimum absolute atomic E-state index is 0.0492. The second kappa shape index (κ2) is 2.48. The van der Waals surface area contributed by atoms with Gasteiger partial charge in [-0.2, -0.15) is 0 Å². The van der Waals surface area contributed by atoms with Crippen molar-refractivity contribution in [2.45, 2.75) is 12.8 Å². The molecule has 0 spiro atoms. The molecule has 0 radical (unpaired) electrons. The summed E-state index contributed by atoms with van der Waals surface area (Å²) in [5.41, 5.74) is 7.33. The molecule has 0 fully saturated rings. The van der Waals surface area contributed by atoms with Gasteiger partial charge in [-0.05, 0) is 12.0 Å². The molecular weight excluding hydrogens is 154 g/mol. The average molecular weight is 163 g/mol. The van der Waals surface area contributed by atoms with Crippen molar-refractivity contribution in [1.82, 2.24) is 4.98 Å². The highest BCUT2D eigenvalue weighted by atomic mass is 16.1. The summed E-state index contributed by atoms with van der Waals surface area (Å²) in [7, 11) is 0. The monoisotopic (exact) mass is 163 g/mol. The van der Waals surface area contributed by atoms with Gasteiger partial charge in [0.05, 0.1) is 0 Å². The minimum atomic E-state index is 0.0492. The fourth-order valence-electron chi connectivity index (χ4n) is 1.28. The topological polar surface area (TPSA) is 68.0 Å². The van der Waals surface area contributed by atoms with E-state index in [4.69, 9.17) is 5.73 Å². The third-order valence-corrected chi connectivity index (χ3v) is 1.90. The van der Waals surface area contributed by atoms with Crippen molar-refractivity contribution < 1.29 is 4.79 Å². The number of carbonyl (C=O) groups excluding carboxylic acids is 1. The van der Waals surface area contributed by atoms with Crippen LogP contribution in [0.1, 0.15) is 12.0 Å². The van der Waals surface area contributed by atoms with E-state index in [0.29, 0.717) is 12.2 Å². The van der Waals surface area contributed by atoms with Crippen LogP contribution < -0.4 is 11.1 Å². The van der Waals surface area contributed by atoms with Crippen LogP contribution in [0.5, 0.6) is 0 Å². The highest BCUT2D eigenvalue weighted by Gasteiger charge is 2.14. The Labute approximate surface area is 69.8 Å². The van der Waals surface area contributed by atoms with Crippen LogP contribution in [0.2, 0.25) is 0 Å². The molecule has 0 bridgehead atoms. The van der Waals surface area contributed by atoms with Crippen molar-refractivity contribution in [3.05, 3.63) is 17.8 Å². The molecule has 1 amide bonds. The van der Waals surface area contributed by atoms with Crippen molar-refractivity contribution >= 4 is 17.4 Å². The smallest absolute Gasteiger partial charge is 0.224 e. The van der Waals surface area contributed by atoms with Gasteiger partial charge in [-0.15, -0.1) is 0 Å². The first kappa shape index (κ1) is 7.09. The molecule has 0 aromatic carbocycles. The van der Waals surface area contributed by atoms with Gasteiger partial charge in [-0.3, -0.25) is 4.79 Å². The first-order chi connectivity index (χ1) is 5.75. The van der Waals surface area contributed by atoms with Gasteiger partial charge in [0.1, 0.15) is 5.82 Å². The maximum Gasteiger partial charge on any atom is 0.224 e. The maximum atomic E-state index is 11.0. The summed E-state index contributed by atoms with van der Waals surface area (Å²) in [5, 5.41) is 2.74. The minimum Gasteiger partial charge on any atom is -0.384 e. The van der Waals surface area contributed by atoms with E-state index in [9.17, 15) is 4.79 Å². The van der Waals surface area contributed by atoms with E-state index in [2.05, 4.69) is 10.3 Å². The number of pyridine rings is 1. The average Bonchev–Trinajstić information content (AvgIpc) is 2.03. The fraction of sp³-hybridized carbons (Fsp3) is 0.250. The lowest BCUT2D eigenvalue weighted by Crippen LogP contribution is -2.19. The number of aromatic nitrogens is 1. The maximum absolute atomic E-state index is 11.0. The van der Waals surface area contributed by atoms with E-state index in [-0.39, 0.29) is 5.91 Å². The summed E-state index contributed by atoms with van der Waals surface area (Å²) in [6.45, 7) is 0. The van der Waals surface area contributed by atoms with Crippen LogP contribution in [0.15, 0.2) is 12.3 Å². The molecule has 1 aromatic heterocycles. The predicted molar refractivity (Wildman–Crippen MR) is 45.6 cm³/mol. The first-order valence-electron chi connectivity index (χ1n) is 3.80. The molecule has 0 unspecified atom stereocenters. The number of aryl methyl sites for hydroxylation is 1. The van der Waals surface area contributed by atoms with Crippen LogP contribution in [-0.2, 0) is 11.2 Å². The van der Waals surface area contributed by atoms with Gasteiger partial charge < -0.3 is 11.1 Å². The Bertz CT molecular complexity index is 335. The zero-order valence-electron chi connectivity index (χ0n) is 6.50. The van der Waals surface area contributed by atoms with E-state index in [1.807, 2.05) is 0 Å². The fourth-order valence-corrected chi connectivity index (χ4v) is 1.28. The SMILES string of the molecule is Nc1cc2c(cn1)CCC(=O)N2. The number of nitrogens with one attached hydrogen (secondary N) is 1. The highest BCUT2D eigenvalue weighted by Crippen LogP contribution is 2.22. The van der Waals surface area contributed by atoms with E-state index >= 15 is 0 Å². The van der Waals surface area contributed by atoms with Crippen molar-refractivity contribution in [2.75, 3.05) is 11.1 Å².